The first-order valence-corrected chi connectivity index (χ1v) is 8.45. The van der Waals surface area contributed by atoms with Crippen molar-refractivity contribution in [2.75, 3.05) is 37.6 Å². The van der Waals surface area contributed by atoms with Crippen molar-refractivity contribution in [2.45, 2.75) is 32.2 Å². The van der Waals surface area contributed by atoms with Crippen LogP contribution < -0.4 is 16.0 Å². The van der Waals surface area contributed by atoms with E-state index in [9.17, 15) is 9.59 Å². The van der Waals surface area contributed by atoms with Crippen LogP contribution in [0.5, 0.6) is 0 Å². The summed E-state index contributed by atoms with van der Waals surface area (Å²) in [6, 6.07) is 1.30. The van der Waals surface area contributed by atoms with Gasteiger partial charge in [0.2, 0.25) is 17.8 Å². The molecule has 1 atom stereocenters. The minimum absolute atomic E-state index is 0. The number of aromatic nitrogens is 2. The molecule has 0 aromatic carbocycles. The summed E-state index contributed by atoms with van der Waals surface area (Å²) < 4.78 is 0. The van der Waals surface area contributed by atoms with Crippen molar-refractivity contribution < 1.29 is 9.59 Å². The third-order valence-corrected chi connectivity index (χ3v) is 4.04. The van der Waals surface area contributed by atoms with E-state index in [0.717, 1.165) is 6.42 Å². The van der Waals surface area contributed by atoms with Crippen molar-refractivity contribution in [1.29, 1.82) is 0 Å². The van der Waals surface area contributed by atoms with Crippen LogP contribution in [0, 0.1) is 0 Å². The van der Waals surface area contributed by atoms with E-state index in [1.807, 2.05) is 11.8 Å². The fraction of sp³-hybridized carbons (Fsp3) is 0.625. The van der Waals surface area contributed by atoms with Gasteiger partial charge in [0.1, 0.15) is 0 Å². The van der Waals surface area contributed by atoms with E-state index in [-0.39, 0.29) is 24.2 Å². The summed E-state index contributed by atoms with van der Waals surface area (Å²) in [5.41, 5.74) is 5.73. The zero-order valence-corrected chi connectivity index (χ0v) is 15.4. The van der Waals surface area contributed by atoms with E-state index >= 15 is 0 Å². The average Bonchev–Trinajstić information content (AvgIpc) is 2.62. The van der Waals surface area contributed by atoms with Crippen molar-refractivity contribution in [2.24, 2.45) is 5.73 Å². The first-order valence-electron chi connectivity index (χ1n) is 8.45. The standard InChI is InChI=1S/C16H26N6O2.ClH/c1-2-4-13(17)15(24)18-8-5-14(23)21-9-11-22(12-10-21)16-19-6-3-7-20-16;/h3,6-7,13H,2,4-5,8-12,17H2,1H3,(H,18,24);1H. The Morgan fingerprint density at radius 2 is 1.88 bits per heavy atom. The summed E-state index contributed by atoms with van der Waals surface area (Å²) in [4.78, 5) is 36.3. The van der Waals surface area contributed by atoms with Crippen molar-refractivity contribution in [1.82, 2.24) is 20.2 Å². The second kappa shape index (κ2) is 10.8. The molecule has 1 fully saturated rings. The number of nitrogens with two attached hydrogens (primary N) is 1. The molecule has 8 nitrogen and oxygen atoms in total. The molecule has 0 radical (unpaired) electrons. The van der Waals surface area contributed by atoms with Gasteiger partial charge in [-0.2, -0.15) is 0 Å². The maximum atomic E-state index is 12.2. The molecule has 0 bridgehead atoms. The highest BCUT2D eigenvalue weighted by Crippen LogP contribution is 2.10. The number of piperazine rings is 1. The molecule has 1 unspecified atom stereocenters. The molecule has 2 amide bonds. The van der Waals surface area contributed by atoms with Crippen LogP contribution in [0.2, 0.25) is 0 Å². The summed E-state index contributed by atoms with van der Waals surface area (Å²) in [6.07, 6.45) is 5.25. The van der Waals surface area contributed by atoms with Gasteiger partial charge in [0.15, 0.2) is 0 Å². The first-order chi connectivity index (χ1) is 11.6. The Bertz CT molecular complexity index is 537. The predicted molar refractivity (Wildman–Crippen MR) is 98.6 cm³/mol. The van der Waals surface area contributed by atoms with Crippen molar-refractivity contribution in [3.05, 3.63) is 18.5 Å². The Balaban J connectivity index is 0.00000312. The zero-order valence-electron chi connectivity index (χ0n) is 14.6. The van der Waals surface area contributed by atoms with Gasteiger partial charge >= 0.3 is 0 Å². The van der Waals surface area contributed by atoms with Crippen LogP contribution in [-0.4, -0.2) is 65.4 Å². The summed E-state index contributed by atoms with van der Waals surface area (Å²) >= 11 is 0. The Kier molecular flexibility index (Phi) is 9.15. The Hall–Kier alpha value is -1.93. The minimum atomic E-state index is -0.487. The van der Waals surface area contributed by atoms with E-state index in [1.54, 1.807) is 18.5 Å². The molecule has 1 aromatic rings. The lowest BCUT2D eigenvalue weighted by Crippen LogP contribution is -2.50. The third kappa shape index (κ3) is 6.47. The van der Waals surface area contributed by atoms with E-state index in [1.165, 1.54) is 0 Å². The molecule has 2 heterocycles. The number of nitrogens with one attached hydrogen (secondary N) is 1. The molecule has 3 N–H and O–H groups in total. The van der Waals surface area contributed by atoms with Crippen LogP contribution in [0.1, 0.15) is 26.2 Å². The molecule has 1 aromatic heterocycles. The molecule has 1 aliphatic heterocycles. The lowest BCUT2D eigenvalue weighted by Gasteiger charge is -2.34. The largest absolute Gasteiger partial charge is 0.354 e. The van der Waals surface area contributed by atoms with E-state index in [4.69, 9.17) is 5.73 Å². The monoisotopic (exact) mass is 370 g/mol. The summed E-state index contributed by atoms with van der Waals surface area (Å²) in [5.74, 6) is 0.561. The van der Waals surface area contributed by atoms with E-state index in [2.05, 4.69) is 20.2 Å². The maximum Gasteiger partial charge on any atom is 0.236 e. The SMILES string of the molecule is CCCC(N)C(=O)NCCC(=O)N1CCN(c2ncccn2)CC1.Cl. The van der Waals surface area contributed by atoms with Gasteiger partial charge in [-0.05, 0) is 12.5 Å². The minimum Gasteiger partial charge on any atom is -0.354 e. The number of hydrogen-bond acceptors (Lipinski definition) is 6. The molecule has 0 saturated carbocycles. The second-order valence-corrected chi connectivity index (χ2v) is 5.85. The number of halogens is 1. The lowest BCUT2D eigenvalue weighted by molar-refractivity contribution is -0.131. The van der Waals surface area contributed by atoms with Gasteiger partial charge in [-0.1, -0.05) is 13.3 Å². The van der Waals surface area contributed by atoms with Crippen LogP contribution in [0.4, 0.5) is 5.95 Å². The lowest BCUT2D eigenvalue weighted by atomic mass is 10.1. The Labute approximate surface area is 154 Å². The topological polar surface area (TPSA) is 104 Å². The third-order valence-electron chi connectivity index (χ3n) is 4.04. The van der Waals surface area contributed by atoms with Crippen molar-refractivity contribution >= 4 is 30.2 Å². The molecule has 0 aliphatic carbocycles. The van der Waals surface area contributed by atoms with Crippen LogP contribution in [0.25, 0.3) is 0 Å². The van der Waals surface area contributed by atoms with Gasteiger partial charge < -0.3 is 20.9 Å². The average molecular weight is 371 g/mol. The number of carbonyl (C=O) groups excluding carboxylic acids is 2. The van der Waals surface area contributed by atoms with Gasteiger partial charge in [0.25, 0.3) is 0 Å². The van der Waals surface area contributed by atoms with Crippen LogP contribution in [0.3, 0.4) is 0 Å². The number of anilines is 1. The highest BCUT2D eigenvalue weighted by atomic mass is 35.5. The van der Waals surface area contributed by atoms with Gasteiger partial charge in [0, 0.05) is 51.5 Å². The number of nitrogens with zero attached hydrogens (tertiary/aromatic N) is 4. The number of hydrogen-bond donors (Lipinski definition) is 2. The first kappa shape index (κ1) is 21.1. The van der Waals surface area contributed by atoms with Crippen molar-refractivity contribution in [3.8, 4) is 0 Å². The summed E-state index contributed by atoms with van der Waals surface area (Å²) in [7, 11) is 0. The van der Waals surface area contributed by atoms with Gasteiger partial charge in [-0.15, -0.1) is 12.4 Å². The highest BCUT2D eigenvalue weighted by Gasteiger charge is 2.22. The molecular weight excluding hydrogens is 344 g/mol. The van der Waals surface area contributed by atoms with Crippen molar-refractivity contribution in [3.63, 3.8) is 0 Å². The molecule has 1 saturated heterocycles. The predicted octanol–water partition coefficient (Wildman–Crippen LogP) is 0.181. The Morgan fingerprint density at radius 3 is 2.48 bits per heavy atom. The zero-order chi connectivity index (χ0) is 17.4. The van der Waals surface area contributed by atoms with E-state index < -0.39 is 6.04 Å². The number of rotatable bonds is 7. The fourth-order valence-electron chi connectivity index (χ4n) is 2.63. The smallest absolute Gasteiger partial charge is 0.236 e. The van der Waals surface area contributed by atoms with Gasteiger partial charge in [0.05, 0.1) is 6.04 Å². The van der Waals surface area contributed by atoms with E-state index in [0.29, 0.717) is 51.5 Å². The molecule has 0 spiro atoms. The molecule has 25 heavy (non-hydrogen) atoms. The molecule has 9 heteroatoms. The van der Waals surface area contributed by atoms with Crippen LogP contribution in [-0.2, 0) is 9.59 Å². The maximum absolute atomic E-state index is 12.2. The fourth-order valence-corrected chi connectivity index (χ4v) is 2.63. The molecular formula is C16H27ClN6O2. The molecule has 140 valence electrons. The number of carbonyl (C=O) groups is 2. The summed E-state index contributed by atoms with van der Waals surface area (Å²) in [5, 5.41) is 2.73. The quantitative estimate of drug-likeness (QED) is 0.709. The second-order valence-electron chi connectivity index (χ2n) is 5.85. The normalized spacial score (nSPS) is 15.3. The summed E-state index contributed by atoms with van der Waals surface area (Å²) in [6.45, 7) is 5.02. The van der Waals surface area contributed by atoms with Crippen LogP contribution >= 0.6 is 12.4 Å². The molecule has 2 rings (SSSR count). The molecule has 1 aliphatic rings. The highest BCUT2D eigenvalue weighted by molar-refractivity contribution is 5.85. The van der Waals surface area contributed by atoms with Gasteiger partial charge in [-0.25, -0.2) is 9.97 Å². The Morgan fingerprint density at radius 1 is 1.24 bits per heavy atom. The van der Waals surface area contributed by atoms with Crippen LogP contribution in [0.15, 0.2) is 18.5 Å². The van der Waals surface area contributed by atoms with Gasteiger partial charge in [-0.3, -0.25) is 9.59 Å². The number of amides is 2.